The minimum atomic E-state index is -0.335. The molecule has 1 N–H and O–H groups in total. The maximum absolute atomic E-state index is 12.9. The molecule has 25 heavy (non-hydrogen) atoms. The number of benzene rings is 1. The molecule has 0 saturated carbocycles. The molecule has 136 valence electrons. The summed E-state index contributed by atoms with van der Waals surface area (Å²) < 4.78 is 0. The first kappa shape index (κ1) is 18.3. The van der Waals surface area contributed by atoms with Gasteiger partial charge in [0.25, 0.3) is 5.91 Å². The Morgan fingerprint density at radius 3 is 2.36 bits per heavy atom. The lowest BCUT2D eigenvalue weighted by Crippen LogP contribution is -2.54. The van der Waals surface area contributed by atoms with Crippen molar-refractivity contribution in [1.29, 1.82) is 0 Å². The summed E-state index contributed by atoms with van der Waals surface area (Å²) in [6.07, 6.45) is 0. The maximum atomic E-state index is 12.9. The lowest BCUT2D eigenvalue weighted by Gasteiger charge is -2.32. The highest BCUT2D eigenvalue weighted by atomic mass is 32.2. The van der Waals surface area contributed by atoms with Gasteiger partial charge in [-0.05, 0) is 23.1 Å². The summed E-state index contributed by atoms with van der Waals surface area (Å²) >= 11 is 1.65. The first-order valence-electron chi connectivity index (χ1n) is 8.87. The van der Waals surface area contributed by atoms with Crippen molar-refractivity contribution in [3.05, 3.63) is 35.4 Å². The molecule has 2 saturated heterocycles. The standard InChI is InChI=1S/C19H27N3O2S/c1-19(2,3)15-6-4-14(5-7-15)17(23)22-13-25-12-16(22)18(24)21-10-8-20-9-11-21/h4-7,16,20H,8-13H2,1-3H3. The van der Waals surface area contributed by atoms with Crippen LogP contribution in [0.1, 0.15) is 36.7 Å². The molecule has 2 aliphatic rings. The Labute approximate surface area is 154 Å². The van der Waals surface area contributed by atoms with Crippen LogP contribution in [-0.4, -0.2) is 65.5 Å². The van der Waals surface area contributed by atoms with Gasteiger partial charge in [-0.3, -0.25) is 9.59 Å². The number of nitrogens with zero attached hydrogens (tertiary/aromatic N) is 2. The third-order valence-corrected chi connectivity index (χ3v) is 5.87. The van der Waals surface area contributed by atoms with Gasteiger partial charge in [0.05, 0.1) is 5.88 Å². The third kappa shape index (κ3) is 4.01. The van der Waals surface area contributed by atoms with Crippen molar-refractivity contribution < 1.29 is 9.59 Å². The Hall–Kier alpha value is -1.53. The van der Waals surface area contributed by atoms with Crippen LogP contribution in [0, 0.1) is 0 Å². The van der Waals surface area contributed by atoms with E-state index in [0.29, 0.717) is 17.2 Å². The molecular formula is C19H27N3O2S. The van der Waals surface area contributed by atoms with E-state index < -0.39 is 0 Å². The van der Waals surface area contributed by atoms with E-state index in [1.54, 1.807) is 16.7 Å². The zero-order chi connectivity index (χ0) is 18.0. The fourth-order valence-corrected chi connectivity index (χ4v) is 4.37. The van der Waals surface area contributed by atoms with Crippen LogP contribution >= 0.6 is 11.8 Å². The summed E-state index contributed by atoms with van der Waals surface area (Å²) in [6, 6.07) is 7.47. The predicted octanol–water partition coefficient (Wildman–Crippen LogP) is 1.93. The summed E-state index contributed by atoms with van der Waals surface area (Å²) in [7, 11) is 0. The molecule has 1 aromatic carbocycles. The molecule has 2 fully saturated rings. The SMILES string of the molecule is CC(C)(C)c1ccc(C(=O)N2CSCC2C(=O)N2CCNCC2)cc1. The molecule has 0 bridgehead atoms. The highest BCUT2D eigenvalue weighted by Gasteiger charge is 2.37. The van der Waals surface area contributed by atoms with Crippen molar-refractivity contribution in [3.8, 4) is 0 Å². The van der Waals surface area contributed by atoms with E-state index in [0.717, 1.165) is 26.2 Å². The highest BCUT2D eigenvalue weighted by molar-refractivity contribution is 7.99. The van der Waals surface area contributed by atoms with Crippen LogP contribution in [0.15, 0.2) is 24.3 Å². The number of hydrogen-bond acceptors (Lipinski definition) is 4. The minimum absolute atomic E-state index is 0.0426. The van der Waals surface area contributed by atoms with Crippen LogP contribution in [0.4, 0.5) is 0 Å². The summed E-state index contributed by atoms with van der Waals surface area (Å²) in [5.74, 6) is 1.32. The quantitative estimate of drug-likeness (QED) is 0.875. The van der Waals surface area contributed by atoms with Crippen molar-refractivity contribution >= 4 is 23.6 Å². The molecule has 1 unspecified atom stereocenters. The Balaban J connectivity index is 1.73. The van der Waals surface area contributed by atoms with Gasteiger partial charge in [0.1, 0.15) is 6.04 Å². The first-order chi connectivity index (χ1) is 11.9. The second-order valence-electron chi connectivity index (χ2n) is 7.69. The minimum Gasteiger partial charge on any atom is -0.338 e. The van der Waals surface area contributed by atoms with Gasteiger partial charge in [0, 0.05) is 37.5 Å². The van der Waals surface area contributed by atoms with Gasteiger partial charge >= 0.3 is 0 Å². The molecule has 1 aromatic rings. The monoisotopic (exact) mass is 361 g/mol. The number of hydrogen-bond donors (Lipinski definition) is 1. The van der Waals surface area contributed by atoms with Crippen molar-refractivity contribution in [3.63, 3.8) is 0 Å². The molecule has 0 radical (unpaired) electrons. The first-order valence-corrected chi connectivity index (χ1v) is 10.0. The summed E-state index contributed by atoms with van der Waals surface area (Å²) in [6.45, 7) is 9.57. The Bertz CT molecular complexity index is 633. The maximum Gasteiger partial charge on any atom is 0.255 e. The molecule has 0 aromatic heterocycles. The van der Waals surface area contributed by atoms with E-state index >= 15 is 0 Å². The molecule has 3 rings (SSSR count). The predicted molar refractivity (Wildman–Crippen MR) is 102 cm³/mol. The molecule has 6 heteroatoms. The zero-order valence-electron chi connectivity index (χ0n) is 15.2. The van der Waals surface area contributed by atoms with Gasteiger partial charge in [0.2, 0.25) is 5.91 Å². The average Bonchev–Trinajstić information content (AvgIpc) is 3.10. The number of thioether (sulfide) groups is 1. The average molecular weight is 362 g/mol. The van der Waals surface area contributed by atoms with Gasteiger partial charge < -0.3 is 15.1 Å². The van der Waals surface area contributed by atoms with Crippen LogP contribution in [0.5, 0.6) is 0 Å². The Kier molecular flexibility index (Phi) is 5.39. The molecule has 2 amide bonds. The Morgan fingerprint density at radius 1 is 1.12 bits per heavy atom. The molecular weight excluding hydrogens is 334 g/mol. The van der Waals surface area contributed by atoms with Crippen molar-refractivity contribution in [1.82, 2.24) is 15.1 Å². The zero-order valence-corrected chi connectivity index (χ0v) is 16.1. The fourth-order valence-electron chi connectivity index (χ4n) is 3.22. The smallest absolute Gasteiger partial charge is 0.255 e. The van der Waals surface area contributed by atoms with Crippen molar-refractivity contribution in [2.75, 3.05) is 37.8 Å². The summed E-state index contributed by atoms with van der Waals surface area (Å²) in [4.78, 5) is 29.4. The number of piperazine rings is 1. The number of amides is 2. The second-order valence-corrected chi connectivity index (χ2v) is 8.69. The van der Waals surface area contributed by atoms with E-state index in [2.05, 4.69) is 26.1 Å². The number of carbonyl (C=O) groups excluding carboxylic acids is 2. The van der Waals surface area contributed by atoms with Gasteiger partial charge in [-0.25, -0.2) is 0 Å². The normalized spacial score (nSPS) is 21.5. The fraction of sp³-hybridized carbons (Fsp3) is 0.579. The van der Waals surface area contributed by atoms with Gasteiger partial charge in [-0.15, -0.1) is 11.8 Å². The molecule has 2 heterocycles. The van der Waals surface area contributed by atoms with Crippen LogP contribution in [-0.2, 0) is 10.2 Å². The molecule has 0 spiro atoms. The van der Waals surface area contributed by atoms with E-state index in [4.69, 9.17) is 0 Å². The topological polar surface area (TPSA) is 52.7 Å². The largest absolute Gasteiger partial charge is 0.338 e. The van der Waals surface area contributed by atoms with Gasteiger partial charge in [-0.2, -0.15) is 0 Å². The second kappa shape index (κ2) is 7.38. The summed E-state index contributed by atoms with van der Waals surface area (Å²) in [5.41, 5.74) is 1.92. The number of carbonyl (C=O) groups is 2. The lowest BCUT2D eigenvalue weighted by molar-refractivity contribution is -0.135. The third-order valence-electron chi connectivity index (χ3n) is 4.85. The van der Waals surface area contributed by atoms with Crippen molar-refractivity contribution in [2.24, 2.45) is 0 Å². The van der Waals surface area contributed by atoms with E-state index in [9.17, 15) is 9.59 Å². The molecule has 5 nitrogen and oxygen atoms in total. The number of rotatable bonds is 2. The van der Waals surface area contributed by atoms with E-state index in [1.807, 2.05) is 29.2 Å². The molecule has 0 aliphatic carbocycles. The summed E-state index contributed by atoms with van der Waals surface area (Å²) in [5, 5.41) is 3.26. The van der Waals surface area contributed by atoms with Crippen molar-refractivity contribution in [2.45, 2.75) is 32.2 Å². The van der Waals surface area contributed by atoms with E-state index in [-0.39, 0.29) is 23.3 Å². The van der Waals surface area contributed by atoms with Crippen LogP contribution in [0.2, 0.25) is 0 Å². The van der Waals surface area contributed by atoms with Crippen LogP contribution < -0.4 is 5.32 Å². The lowest BCUT2D eigenvalue weighted by atomic mass is 9.86. The van der Waals surface area contributed by atoms with Gasteiger partial charge in [0.15, 0.2) is 0 Å². The van der Waals surface area contributed by atoms with Gasteiger partial charge in [-0.1, -0.05) is 32.9 Å². The molecule has 1 atom stereocenters. The number of nitrogens with one attached hydrogen (secondary N) is 1. The highest BCUT2D eigenvalue weighted by Crippen LogP contribution is 2.26. The van der Waals surface area contributed by atoms with Crippen LogP contribution in [0.25, 0.3) is 0 Å². The van der Waals surface area contributed by atoms with Crippen LogP contribution in [0.3, 0.4) is 0 Å². The van der Waals surface area contributed by atoms with E-state index in [1.165, 1.54) is 5.56 Å². The Morgan fingerprint density at radius 2 is 1.76 bits per heavy atom. The molecule has 2 aliphatic heterocycles.